The number of pyridine rings is 1. The third-order valence-electron chi connectivity index (χ3n) is 3.28. The van der Waals surface area contributed by atoms with E-state index >= 15 is 0 Å². The average Bonchev–Trinajstić information content (AvgIpc) is 3.00. The molecule has 4 nitrogen and oxygen atoms in total. The highest BCUT2D eigenvalue weighted by molar-refractivity contribution is 7.80. The Morgan fingerprint density at radius 2 is 2.17 bits per heavy atom. The second-order valence-corrected chi connectivity index (χ2v) is 4.75. The molecular formula is C13H14N4S. The molecule has 5 heteroatoms. The van der Waals surface area contributed by atoms with Crippen LogP contribution < -0.4 is 5.32 Å². The molecule has 2 aromatic rings. The first-order valence-corrected chi connectivity index (χ1v) is 6.26. The Balaban J connectivity index is 2.00. The quantitative estimate of drug-likeness (QED) is 0.809. The number of aromatic nitrogens is 2. The van der Waals surface area contributed by atoms with Gasteiger partial charge in [0.1, 0.15) is 0 Å². The summed E-state index contributed by atoms with van der Waals surface area (Å²) in [6.45, 7) is 0. The minimum atomic E-state index is 0.0855. The Morgan fingerprint density at radius 3 is 2.83 bits per heavy atom. The van der Waals surface area contributed by atoms with Crippen LogP contribution in [0.3, 0.4) is 0 Å². The van der Waals surface area contributed by atoms with Gasteiger partial charge in [-0.15, -0.1) is 0 Å². The molecule has 1 aliphatic heterocycles. The van der Waals surface area contributed by atoms with E-state index in [4.69, 9.17) is 12.2 Å². The number of hydrogen-bond donors (Lipinski definition) is 2. The second kappa shape index (κ2) is 4.42. The molecule has 92 valence electrons. The summed E-state index contributed by atoms with van der Waals surface area (Å²) in [4.78, 5) is 9.76. The Kier molecular flexibility index (Phi) is 2.76. The Hall–Kier alpha value is -1.88. The first-order valence-electron chi connectivity index (χ1n) is 5.85. The fraction of sp³-hybridized carbons (Fsp3) is 0.231. The van der Waals surface area contributed by atoms with Crippen molar-refractivity contribution in [2.75, 3.05) is 7.05 Å². The van der Waals surface area contributed by atoms with E-state index in [2.05, 4.69) is 26.3 Å². The van der Waals surface area contributed by atoms with Gasteiger partial charge in [0.25, 0.3) is 0 Å². The van der Waals surface area contributed by atoms with Crippen LogP contribution in [0.15, 0.2) is 42.7 Å². The molecule has 2 N–H and O–H groups in total. The van der Waals surface area contributed by atoms with Crippen molar-refractivity contribution < 1.29 is 0 Å². The molecule has 1 fully saturated rings. The molecule has 0 saturated carbocycles. The highest BCUT2D eigenvalue weighted by atomic mass is 32.1. The Labute approximate surface area is 111 Å². The summed E-state index contributed by atoms with van der Waals surface area (Å²) in [6, 6.07) is 10.3. The molecule has 0 bridgehead atoms. The Morgan fingerprint density at radius 1 is 1.28 bits per heavy atom. The molecule has 1 saturated heterocycles. The number of hydrogen-bond acceptors (Lipinski definition) is 2. The van der Waals surface area contributed by atoms with E-state index in [1.165, 1.54) is 0 Å². The predicted octanol–water partition coefficient (Wildman–Crippen LogP) is 2.01. The summed E-state index contributed by atoms with van der Waals surface area (Å²) < 4.78 is 0. The fourth-order valence-electron chi connectivity index (χ4n) is 2.38. The zero-order valence-corrected chi connectivity index (χ0v) is 10.8. The second-order valence-electron chi connectivity index (χ2n) is 4.36. The molecule has 0 amide bonds. The summed E-state index contributed by atoms with van der Waals surface area (Å²) in [5.41, 5.74) is 2.14. The minimum absolute atomic E-state index is 0.0855. The molecule has 1 aliphatic rings. The summed E-state index contributed by atoms with van der Waals surface area (Å²) in [5.74, 6) is 0. The number of H-pyrrole nitrogens is 1. The minimum Gasteiger partial charge on any atom is -0.363 e. The molecule has 2 aromatic heterocycles. The topological polar surface area (TPSA) is 44.0 Å². The number of nitrogens with one attached hydrogen (secondary N) is 2. The van der Waals surface area contributed by atoms with Gasteiger partial charge in [-0.3, -0.25) is 4.98 Å². The molecule has 0 unspecified atom stereocenters. The smallest absolute Gasteiger partial charge is 0.169 e. The van der Waals surface area contributed by atoms with Crippen LogP contribution in [0, 0.1) is 0 Å². The van der Waals surface area contributed by atoms with Gasteiger partial charge in [0.2, 0.25) is 0 Å². The number of thiocarbonyl (C=S) groups is 1. The first kappa shape index (κ1) is 11.2. The van der Waals surface area contributed by atoms with Crippen LogP contribution in [-0.2, 0) is 0 Å². The van der Waals surface area contributed by atoms with E-state index in [0.29, 0.717) is 0 Å². The van der Waals surface area contributed by atoms with Crippen LogP contribution >= 0.6 is 12.2 Å². The zero-order valence-electron chi connectivity index (χ0n) is 10.00. The van der Waals surface area contributed by atoms with Gasteiger partial charge >= 0.3 is 0 Å². The molecule has 0 aromatic carbocycles. The molecule has 3 heterocycles. The van der Waals surface area contributed by atoms with Gasteiger partial charge < -0.3 is 15.2 Å². The van der Waals surface area contributed by atoms with Gasteiger partial charge in [0.05, 0.1) is 17.8 Å². The predicted molar refractivity (Wildman–Crippen MR) is 74.0 cm³/mol. The highest BCUT2D eigenvalue weighted by Crippen LogP contribution is 2.36. The molecule has 3 rings (SSSR count). The van der Waals surface area contributed by atoms with Gasteiger partial charge in [0, 0.05) is 25.1 Å². The van der Waals surface area contributed by atoms with E-state index in [1.807, 2.05) is 43.7 Å². The maximum absolute atomic E-state index is 5.34. The third-order valence-corrected chi connectivity index (χ3v) is 3.69. The molecular weight excluding hydrogens is 244 g/mol. The van der Waals surface area contributed by atoms with Crippen LogP contribution in [0.2, 0.25) is 0 Å². The first-order chi connectivity index (χ1) is 8.77. The highest BCUT2D eigenvalue weighted by Gasteiger charge is 2.37. The molecule has 0 spiro atoms. The van der Waals surface area contributed by atoms with E-state index in [0.717, 1.165) is 16.5 Å². The summed E-state index contributed by atoms with van der Waals surface area (Å²) in [6.07, 6.45) is 3.74. The summed E-state index contributed by atoms with van der Waals surface area (Å²) in [7, 11) is 2.00. The normalized spacial score (nSPS) is 23.2. The van der Waals surface area contributed by atoms with Gasteiger partial charge in [-0.2, -0.15) is 0 Å². The monoisotopic (exact) mass is 258 g/mol. The van der Waals surface area contributed by atoms with Crippen LogP contribution in [0.5, 0.6) is 0 Å². The number of nitrogens with zero attached hydrogens (tertiary/aromatic N) is 2. The number of aromatic amines is 1. The van der Waals surface area contributed by atoms with E-state index < -0.39 is 0 Å². The summed E-state index contributed by atoms with van der Waals surface area (Å²) >= 11 is 5.34. The fourth-order valence-corrected chi connectivity index (χ4v) is 2.62. The van der Waals surface area contributed by atoms with Gasteiger partial charge in [-0.25, -0.2) is 0 Å². The molecule has 0 radical (unpaired) electrons. The van der Waals surface area contributed by atoms with Crippen LogP contribution in [0.1, 0.15) is 23.5 Å². The lowest BCUT2D eigenvalue weighted by atomic mass is 10.0. The van der Waals surface area contributed by atoms with Crippen molar-refractivity contribution in [2.45, 2.75) is 12.1 Å². The SMILES string of the molecule is CN1C(=S)N[C@H](c2ccccn2)[C@@H]1c1ccc[nH]1. The van der Waals surface area contributed by atoms with Gasteiger partial charge in [-0.1, -0.05) is 6.07 Å². The van der Waals surface area contributed by atoms with Crippen LogP contribution in [-0.4, -0.2) is 27.0 Å². The average molecular weight is 258 g/mol. The van der Waals surface area contributed by atoms with Crippen molar-refractivity contribution in [1.82, 2.24) is 20.2 Å². The van der Waals surface area contributed by atoms with Crippen molar-refractivity contribution in [3.8, 4) is 0 Å². The van der Waals surface area contributed by atoms with E-state index in [1.54, 1.807) is 0 Å². The van der Waals surface area contributed by atoms with E-state index in [-0.39, 0.29) is 12.1 Å². The van der Waals surface area contributed by atoms with E-state index in [9.17, 15) is 0 Å². The van der Waals surface area contributed by atoms with Crippen LogP contribution in [0.25, 0.3) is 0 Å². The standard InChI is InChI=1S/C13H14N4S/c1-17-12(10-6-4-8-15-10)11(16-13(17)18)9-5-2-3-7-14-9/h2-8,11-12,15H,1H3,(H,16,18)/t11-,12+/m1/s1. The number of rotatable bonds is 2. The molecule has 2 atom stereocenters. The van der Waals surface area contributed by atoms with Crippen molar-refractivity contribution in [2.24, 2.45) is 0 Å². The maximum Gasteiger partial charge on any atom is 0.169 e. The third kappa shape index (κ3) is 1.76. The lowest BCUT2D eigenvalue weighted by Crippen LogP contribution is -2.25. The summed E-state index contributed by atoms with van der Waals surface area (Å²) in [5, 5.41) is 4.09. The lowest BCUT2D eigenvalue weighted by Gasteiger charge is -2.22. The largest absolute Gasteiger partial charge is 0.363 e. The lowest BCUT2D eigenvalue weighted by molar-refractivity contribution is 0.362. The van der Waals surface area contributed by atoms with Crippen molar-refractivity contribution in [3.63, 3.8) is 0 Å². The number of likely N-dealkylation sites (N-methyl/N-ethyl adjacent to an activating group) is 1. The zero-order chi connectivity index (χ0) is 12.5. The van der Waals surface area contributed by atoms with Crippen molar-refractivity contribution >= 4 is 17.3 Å². The van der Waals surface area contributed by atoms with Gasteiger partial charge in [0.15, 0.2) is 5.11 Å². The van der Waals surface area contributed by atoms with Crippen molar-refractivity contribution in [1.29, 1.82) is 0 Å². The molecule has 18 heavy (non-hydrogen) atoms. The van der Waals surface area contributed by atoms with Gasteiger partial charge in [-0.05, 0) is 36.5 Å². The molecule has 0 aliphatic carbocycles. The Bertz CT molecular complexity index is 537. The maximum atomic E-state index is 5.34. The van der Waals surface area contributed by atoms with Crippen molar-refractivity contribution in [3.05, 3.63) is 54.1 Å². The van der Waals surface area contributed by atoms with Crippen LogP contribution in [0.4, 0.5) is 0 Å².